The number of ether oxygens (including phenoxy) is 3. The molecule has 0 saturated carbocycles. The molecule has 7 heteroatoms. The Hall–Kier alpha value is -3.98. The van der Waals surface area contributed by atoms with E-state index in [0.29, 0.717) is 22.2 Å². The topological polar surface area (TPSA) is 57.1 Å². The second kappa shape index (κ2) is 12.3. The van der Waals surface area contributed by atoms with Gasteiger partial charge in [0.2, 0.25) is 0 Å². The molecule has 0 aromatic heterocycles. The molecule has 0 atom stereocenters. The Morgan fingerprint density at radius 1 is 0.973 bits per heavy atom. The first-order chi connectivity index (χ1) is 17.9. The van der Waals surface area contributed by atoms with Gasteiger partial charge in [-0.15, -0.1) is 0 Å². The van der Waals surface area contributed by atoms with Crippen LogP contribution in [0.15, 0.2) is 77.8 Å². The number of carbonyl (C=O) groups excluding carboxylic acids is 1. The molecule has 0 N–H and O–H groups in total. The van der Waals surface area contributed by atoms with E-state index < -0.39 is 5.97 Å². The molecule has 0 amide bonds. The molecule has 1 aliphatic rings. The summed E-state index contributed by atoms with van der Waals surface area (Å²) in [5.74, 6) is 7.19. The molecular weight excluding hydrogens is 509 g/mol. The summed E-state index contributed by atoms with van der Waals surface area (Å²) in [4.78, 5) is 15.9. The van der Waals surface area contributed by atoms with E-state index in [1.807, 2.05) is 54.6 Å². The van der Waals surface area contributed by atoms with Gasteiger partial charge in [0.05, 0.1) is 24.9 Å². The van der Waals surface area contributed by atoms with Gasteiger partial charge in [0.15, 0.2) is 6.61 Å². The molecule has 37 heavy (non-hydrogen) atoms. The number of carbonyl (C=O) groups is 1. The summed E-state index contributed by atoms with van der Waals surface area (Å²) in [5, 5.41) is 1.16. The van der Waals surface area contributed by atoms with Crippen LogP contribution in [0.1, 0.15) is 28.7 Å². The predicted octanol–water partition coefficient (Wildman–Crippen LogP) is 6.85. The predicted molar refractivity (Wildman–Crippen MR) is 148 cm³/mol. The van der Waals surface area contributed by atoms with E-state index in [1.165, 1.54) is 7.11 Å². The molecule has 0 spiro atoms. The normalized spacial score (nSPS) is 12.4. The summed E-state index contributed by atoms with van der Waals surface area (Å²) in [7, 11) is 2.96. The molecule has 186 valence electrons. The minimum absolute atomic E-state index is 0.137. The lowest BCUT2D eigenvalue weighted by Gasteiger charge is -2.05. The molecule has 0 bridgehead atoms. The van der Waals surface area contributed by atoms with Crippen molar-refractivity contribution < 1.29 is 19.0 Å². The van der Waals surface area contributed by atoms with E-state index in [1.54, 1.807) is 31.4 Å². The average molecular weight is 532 g/mol. The number of halogens is 2. The number of benzene rings is 3. The molecule has 1 heterocycles. The number of methoxy groups -OCH3 is 2. The van der Waals surface area contributed by atoms with Crippen molar-refractivity contribution in [2.45, 2.75) is 6.42 Å². The zero-order valence-corrected chi connectivity index (χ0v) is 21.8. The van der Waals surface area contributed by atoms with E-state index in [9.17, 15) is 4.79 Å². The highest BCUT2D eigenvalue weighted by Crippen LogP contribution is 2.31. The minimum atomic E-state index is -0.434. The van der Waals surface area contributed by atoms with Crippen molar-refractivity contribution in [3.63, 3.8) is 0 Å². The number of hydrogen-bond donors (Lipinski definition) is 0. The maximum absolute atomic E-state index is 11.2. The molecule has 0 saturated heterocycles. The summed E-state index contributed by atoms with van der Waals surface area (Å²) in [5.41, 5.74) is 5.14. The molecular formula is C30H23Cl2NO4. The second-order valence-corrected chi connectivity index (χ2v) is 8.79. The zero-order chi connectivity index (χ0) is 26.2. The third-order valence-corrected chi connectivity index (χ3v) is 6.00. The number of allylic oxidation sites excluding steroid dienone is 2. The van der Waals surface area contributed by atoms with Gasteiger partial charge in [-0.25, -0.2) is 4.79 Å². The van der Waals surface area contributed by atoms with E-state index in [4.69, 9.17) is 37.7 Å². The van der Waals surface area contributed by atoms with Crippen LogP contribution in [-0.4, -0.2) is 32.5 Å². The highest BCUT2D eigenvalue weighted by Gasteiger charge is 2.12. The molecule has 5 nitrogen and oxygen atoms in total. The van der Waals surface area contributed by atoms with Crippen LogP contribution in [-0.2, 0) is 9.53 Å². The molecule has 4 rings (SSSR count). The summed E-state index contributed by atoms with van der Waals surface area (Å²) < 4.78 is 15.5. The van der Waals surface area contributed by atoms with E-state index in [-0.39, 0.29) is 6.61 Å². The second-order valence-electron chi connectivity index (χ2n) is 7.95. The van der Waals surface area contributed by atoms with Crippen molar-refractivity contribution >= 4 is 46.7 Å². The molecule has 0 radical (unpaired) electrons. The average Bonchev–Trinajstić information content (AvgIpc) is 3.38. The zero-order valence-electron chi connectivity index (χ0n) is 20.3. The third kappa shape index (κ3) is 7.04. The number of esters is 1. The molecule has 3 aromatic rings. The minimum Gasteiger partial charge on any atom is -0.496 e. The van der Waals surface area contributed by atoms with Crippen molar-refractivity contribution in [1.29, 1.82) is 0 Å². The van der Waals surface area contributed by atoms with Crippen LogP contribution in [0, 0.1) is 11.8 Å². The van der Waals surface area contributed by atoms with E-state index in [2.05, 4.69) is 16.6 Å². The van der Waals surface area contributed by atoms with E-state index >= 15 is 0 Å². The van der Waals surface area contributed by atoms with Gasteiger partial charge in [-0.1, -0.05) is 41.1 Å². The Kier molecular flexibility index (Phi) is 8.68. The Morgan fingerprint density at radius 3 is 2.46 bits per heavy atom. The van der Waals surface area contributed by atoms with Gasteiger partial charge in [0.1, 0.15) is 11.5 Å². The van der Waals surface area contributed by atoms with Gasteiger partial charge < -0.3 is 14.2 Å². The first kappa shape index (κ1) is 26.1. The van der Waals surface area contributed by atoms with Gasteiger partial charge in [0.25, 0.3) is 0 Å². The standard InChI is InChI=1S/C30H23Cl2NO4/c1-35-29-16-7-21(4-3-20-5-12-25(13-6-20)37-19-30(34)36-2)17-22(29)8-10-24-11-15-28(33-24)26-14-9-23(31)18-27(26)32/h5-10,12-18H,11,19H2,1-2H3/b10-8+. The monoisotopic (exact) mass is 531 g/mol. The first-order valence-corrected chi connectivity index (χ1v) is 12.1. The van der Waals surface area contributed by atoms with Gasteiger partial charge in [-0.3, -0.25) is 4.99 Å². The van der Waals surface area contributed by atoms with Gasteiger partial charge in [0, 0.05) is 39.4 Å². The molecule has 3 aromatic carbocycles. The number of hydrogen-bond acceptors (Lipinski definition) is 5. The van der Waals surface area contributed by atoms with Crippen LogP contribution in [0.25, 0.3) is 11.8 Å². The highest BCUT2D eigenvalue weighted by molar-refractivity contribution is 6.35. The molecule has 0 unspecified atom stereocenters. The largest absolute Gasteiger partial charge is 0.496 e. The summed E-state index contributed by atoms with van der Waals surface area (Å²) in [6.45, 7) is -0.137. The SMILES string of the molecule is COC(=O)COc1ccc(C#Cc2ccc(OC)c(/C=C/C3=NC(c4ccc(Cl)cc4Cl)=CC3)c2)cc1. The summed E-state index contributed by atoms with van der Waals surface area (Å²) >= 11 is 12.3. The Labute approximate surface area is 226 Å². The smallest absolute Gasteiger partial charge is 0.343 e. The summed E-state index contributed by atoms with van der Waals surface area (Å²) in [6, 6.07) is 18.3. The lowest BCUT2D eigenvalue weighted by atomic mass is 10.1. The molecule has 0 fully saturated rings. The van der Waals surface area contributed by atoms with Gasteiger partial charge in [-0.2, -0.15) is 0 Å². The van der Waals surface area contributed by atoms with Crippen molar-refractivity contribution in [1.82, 2.24) is 0 Å². The van der Waals surface area contributed by atoms with E-state index in [0.717, 1.165) is 39.4 Å². The van der Waals surface area contributed by atoms with Gasteiger partial charge >= 0.3 is 5.97 Å². The Balaban J connectivity index is 1.47. The maximum Gasteiger partial charge on any atom is 0.343 e. The fourth-order valence-corrected chi connectivity index (χ4v) is 4.03. The lowest BCUT2D eigenvalue weighted by molar-refractivity contribution is -0.142. The van der Waals surface area contributed by atoms with Crippen molar-refractivity contribution in [2.24, 2.45) is 4.99 Å². The van der Waals surface area contributed by atoms with Gasteiger partial charge in [-0.05, 0) is 72.8 Å². The highest BCUT2D eigenvalue weighted by atomic mass is 35.5. The van der Waals surface area contributed by atoms with Crippen LogP contribution >= 0.6 is 23.2 Å². The van der Waals surface area contributed by atoms with Crippen LogP contribution in [0.5, 0.6) is 11.5 Å². The first-order valence-electron chi connectivity index (χ1n) is 11.4. The molecule has 1 aliphatic heterocycles. The lowest BCUT2D eigenvalue weighted by Crippen LogP contribution is -2.12. The van der Waals surface area contributed by atoms with Crippen molar-refractivity contribution in [3.05, 3.63) is 105 Å². The van der Waals surface area contributed by atoms with Crippen molar-refractivity contribution in [3.8, 4) is 23.3 Å². The Bertz CT molecular complexity index is 1460. The number of nitrogens with zero attached hydrogens (tertiary/aromatic N) is 1. The van der Waals surface area contributed by atoms with Crippen molar-refractivity contribution in [2.75, 3.05) is 20.8 Å². The number of aliphatic imine (C=N–C) groups is 1. The van der Waals surface area contributed by atoms with Crippen LogP contribution in [0.2, 0.25) is 10.0 Å². The third-order valence-electron chi connectivity index (χ3n) is 5.45. The number of rotatable bonds is 7. The fraction of sp³-hybridized carbons (Fsp3) is 0.133. The van der Waals surface area contributed by atoms with Crippen LogP contribution in [0.3, 0.4) is 0 Å². The fourth-order valence-electron chi connectivity index (χ4n) is 3.53. The van der Waals surface area contributed by atoms with Crippen LogP contribution in [0.4, 0.5) is 0 Å². The summed E-state index contributed by atoms with van der Waals surface area (Å²) in [6.07, 6.45) is 6.68. The Morgan fingerprint density at radius 2 is 1.73 bits per heavy atom. The quantitative estimate of drug-likeness (QED) is 0.247. The maximum atomic E-state index is 11.2. The molecule has 0 aliphatic carbocycles. The van der Waals surface area contributed by atoms with Crippen LogP contribution < -0.4 is 9.47 Å².